The van der Waals surface area contributed by atoms with E-state index in [1.54, 1.807) is 0 Å². The van der Waals surface area contributed by atoms with Crippen LogP contribution in [0.1, 0.15) is 23.2 Å². The molecule has 2 aromatic heterocycles. The van der Waals surface area contributed by atoms with Crippen LogP contribution in [0.15, 0.2) is 42.6 Å². The molecule has 1 N–H and O–H groups in total. The highest BCUT2D eigenvalue weighted by Crippen LogP contribution is 2.27. The van der Waals surface area contributed by atoms with Crippen LogP contribution >= 0.6 is 0 Å². The molecule has 5 heteroatoms. The van der Waals surface area contributed by atoms with Gasteiger partial charge in [0.15, 0.2) is 0 Å². The fourth-order valence-electron chi connectivity index (χ4n) is 4.16. The summed E-state index contributed by atoms with van der Waals surface area (Å²) in [4.78, 5) is 9.40. The molecule has 0 aliphatic carbocycles. The van der Waals surface area contributed by atoms with Crippen molar-refractivity contribution in [3.63, 3.8) is 0 Å². The number of fused-ring (bicyclic) bond motifs is 2. The lowest BCUT2D eigenvalue weighted by Gasteiger charge is -2.35. The second-order valence-electron chi connectivity index (χ2n) is 7.66. The van der Waals surface area contributed by atoms with E-state index in [0.717, 1.165) is 37.6 Å². The first-order chi connectivity index (χ1) is 13.1. The minimum atomic E-state index is 0.0911. The van der Waals surface area contributed by atoms with Crippen LogP contribution in [0.4, 0.5) is 5.82 Å². The maximum Gasteiger partial charge on any atom is 0.133 e. The molecule has 3 aromatic rings. The maximum atomic E-state index is 9.90. The molecule has 5 nitrogen and oxygen atoms in total. The largest absolute Gasteiger partial charge is 0.394 e. The third-order valence-electron chi connectivity index (χ3n) is 5.73. The van der Waals surface area contributed by atoms with Crippen LogP contribution in [0.25, 0.3) is 10.9 Å². The van der Waals surface area contributed by atoms with Crippen molar-refractivity contribution in [2.45, 2.75) is 32.5 Å². The number of aliphatic hydroxyl groups is 1. The van der Waals surface area contributed by atoms with Crippen LogP contribution in [-0.2, 0) is 20.1 Å². The van der Waals surface area contributed by atoms with Crippen LogP contribution in [0, 0.1) is 6.92 Å². The Morgan fingerprint density at radius 3 is 2.78 bits per heavy atom. The van der Waals surface area contributed by atoms with Crippen molar-refractivity contribution in [3.8, 4) is 0 Å². The monoisotopic (exact) mass is 364 g/mol. The number of aromatic nitrogens is 2. The molecule has 1 aliphatic rings. The highest BCUT2D eigenvalue weighted by atomic mass is 16.3. The summed E-state index contributed by atoms with van der Waals surface area (Å²) in [5.41, 5.74) is 4.86. The zero-order valence-electron chi connectivity index (χ0n) is 16.4. The minimum Gasteiger partial charge on any atom is -0.394 e. The molecule has 0 bridgehead atoms. The lowest BCUT2D eigenvalue weighted by atomic mass is 10.1. The minimum absolute atomic E-state index is 0.0911. The van der Waals surface area contributed by atoms with E-state index in [0.29, 0.717) is 0 Å². The van der Waals surface area contributed by atoms with Gasteiger partial charge < -0.3 is 14.6 Å². The number of nitrogens with zero attached hydrogens (tertiary/aromatic N) is 4. The van der Waals surface area contributed by atoms with Crippen LogP contribution in [0.5, 0.6) is 0 Å². The fourth-order valence-corrected chi connectivity index (χ4v) is 4.16. The first-order valence-corrected chi connectivity index (χ1v) is 9.62. The van der Waals surface area contributed by atoms with Crippen molar-refractivity contribution in [1.82, 2.24) is 14.5 Å². The Morgan fingerprint density at radius 1 is 1.15 bits per heavy atom. The number of pyridine rings is 1. The van der Waals surface area contributed by atoms with Gasteiger partial charge in [-0.25, -0.2) is 4.98 Å². The van der Waals surface area contributed by atoms with Crippen LogP contribution < -0.4 is 4.90 Å². The van der Waals surface area contributed by atoms with Crippen molar-refractivity contribution in [3.05, 3.63) is 59.4 Å². The SMILES string of the molecule is Cc1ccc2c(n1)N(C)C(CO)CCN(Cc1cn(C)c3ccccc13)C2. The van der Waals surface area contributed by atoms with Gasteiger partial charge in [0.2, 0.25) is 0 Å². The molecule has 1 unspecified atom stereocenters. The topological polar surface area (TPSA) is 44.5 Å². The number of benzene rings is 1. The Labute approximate surface area is 160 Å². The Bertz CT molecular complexity index is 949. The first-order valence-electron chi connectivity index (χ1n) is 9.62. The third kappa shape index (κ3) is 3.45. The second-order valence-corrected chi connectivity index (χ2v) is 7.66. The van der Waals surface area contributed by atoms with Crippen LogP contribution in [0.2, 0.25) is 0 Å². The predicted molar refractivity (Wildman–Crippen MR) is 110 cm³/mol. The zero-order valence-corrected chi connectivity index (χ0v) is 16.4. The molecule has 1 aliphatic heterocycles. The summed E-state index contributed by atoms with van der Waals surface area (Å²) in [5.74, 6) is 0.997. The molecule has 4 rings (SSSR count). The number of hydrogen-bond donors (Lipinski definition) is 1. The number of rotatable bonds is 3. The maximum absolute atomic E-state index is 9.90. The van der Waals surface area contributed by atoms with Gasteiger partial charge in [0.25, 0.3) is 0 Å². The molecule has 0 saturated heterocycles. The van der Waals surface area contributed by atoms with Crippen molar-refractivity contribution in [2.24, 2.45) is 7.05 Å². The van der Waals surface area contributed by atoms with Crippen LogP contribution in [0.3, 0.4) is 0 Å². The second kappa shape index (κ2) is 7.33. The Morgan fingerprint density at radius 2 is 1.96 bits per heavy atom. The summed E-state index contributed by atoms with van der Waals surface area (Å²) in [7, 11) is 4.16. The van der Waals surface area contributed by atoms with Gasteiger partial charge in [-0.05, 0) is 31.0 Å². The van der Waals surface area contributed by atoms with Gasteiger partial charge in [-0.3, -0.25) is 4.90 Å². The summed E-state index contributed by atoms with van der Waals surface area (Å²) < 4.78 is 2.21. The quantitative estimate of drug-likeness (QED) is 0.776. The van der Waals surface area contributed by atoms with E-state index in [1.807, 2.05) is 14.0 Å². The zero-order chi connectivity index (χ0) is 19.0. The standard InChI is InChI=1S/C22H28N4O/c1-16-8-9-17-13-26(11-10-19(15-27)25(3)22(17)23-16)14-18-12-24(2)21-7-5-4-6-20(18)21/h4-9,12,19,27H,10-11,13-15H2,1-3H3. The molecule has 1 atom stereocenters. The summed E-state index contributed by atoms with van der Waals surface area (Å²) in [6.07, 6.45) is 3.17. The van der Waals surface area contributed by atoms with E-state index >= 15 is 0 Å². The molecule has 0 saturated carbocycles. The molecule has 142 valence electrons. The van der Waals surface area contributed by atoms with Gasteiger partial charge >= 0.3 is 0 Å². The summed E-state index contributed by atoms with van der Waals surface area (Å²) in [5, 5.41) is 11.2. The van der Waals surface area contributed by atoms with Gasteiger partial charge in [-0.1, -0.05) is 24.3 Å². The predicted octanol–water partition coefficient (Wildman–Crippen LogP) is 3.08. The number of para-hydroxylation sites is 1. The van der Waals surface area contributed by atoms with Crippen LogP contribution in [-0.4, -0.2) is 45.8 Å². The molecular weight excluding hydrogens is 336 g/mol. The first kappa shape index (κ1) is 18.0. The van der Waals surface area contributed by atoms with E-state index in [1.165, 1.54) is 22.0 Å². The van der Waals surface area contributed by atoms with Gasteiger partial charge in [-0.2, -0.15) is 0 Å². The van der Waals surface area contributed by atoms with E-state index in [9.17, 15) is 5.11 Å². The summed E-state index contributed by atoms with van der Waals surface area (Å²) in [6, 6.07) is 12.9. The van der Waals surface area contributed by atoms with E-state index in [2.05, 4.69) is 64.0 Å². The summed E-state index contributed by atoms with van der Waals surface area (Å²) >= 11 is 0. The molecular formula is C22H28N4O. The average Bonchev–Trinajstić information content (AvgIpc) is 2.98. The fraction of sp³-hybridized carbons (Fsp3) is 0.409. The molecule has 27 heavy (non-hydrogen) atoms. The average molecular weight is 364 g/mol. The molecule has 3 heterocycles. The number of likely N-dealkylation sites (N-methyl/N-ethyl adjacent to an activating group) is 1. The van der Waals surface area contributed by atoms with Gasteiger partial charge in [-0.15, -0.1) is 0 Å². The van der Waals surface area contributed by atoms with E-state index < -0.39 is 0 Å². The van der Waals surface area contributed by atoms with Crippen molar-refractivity contribution in [1.29, 1.82) is 0 Å². The summed E-state index contributed by atoms with van der Waals surface area (Å²) in [6.45, 7) is 4.89. The number of aryl methyl sites for hydroxylation is 2. The lowest BCUT2D eigenvalue weighted by Crippen LogP contribution is -2.41. The molecule has 0 fully saturated rings. The van der Waals surface area contributed by atoms with Crippen molar-refractivity contribution >= 4 is 16.7 Å². The van der Waals surface area contributed by atoms with Crippen molar-refractivity contribution < 1.29 is 5.11 Å². The Kier molecular flexibility index (Phi) is 4.89. The van der Waals surface area contributed by atoms with Gasteiger partial charge in [0.1, 0.15) is 5.82 Å². The highest BCUT2D eigenvalue weighted by molar-refractivity contribution is 5.83. The number of anilines is 1. The van der Waals surface area contributed by atoms with Gasteiger partial charge in [0, 0.05) is 62.1 Å². The Hall–Kier alpha value is -2.37. The van der Waals surface area contributed by atoms with E-state index in [4.69, 9.17) is 4.98 Å². The van der Waals surface area contributed by atoms with Crippen molar-refractivity contribution in [2.75, 3.05) is 25.1 Å². The third-order valence-corrected chi connectivity index (χ3v) is 5.73. The van der Waals surface area contributed by atoms with Gasteiger partial charge in [0.05, 0.1) is 12.6 Å². The molecule has 0 spiro atoms. The number of hydrogen-bond acceptors (Lipinski definition) is 4. The molecule has 0 amide bonds. The molecule has 1 aromatic carbocycles. The smallest absolute Gasteiger partial charge is 0.133 e. The highest BCUT2D eigenvalue weighted by Gasteiger charge is 2.24. The lowest BCUT2D eigenvalue weighted by molar-refractivity contribution is 0.206. The number of aliphatic hydroxyl groups excluding tert-OH is 1. The Balaban J connectivity index is 1.67. The molecule has 0 radical (unpaired) electrons. The normalized spacial score (nSPS) is 18.4. The van der Waals surface area contributed by atoms with E-state index in [-0.39, 0.29) is 12.6 Å².